The highest BCUT2D eigenvalue weighted by atomic mass is 16.5. The Kier molecular flexibility index (Phi) is 9.42. The van der Waals surface area contributed by atoms with Crippen LogP contribution < -0.4 is 15.5 Å². The lowest BCUT2D eigenvalue weighted by atomic mass is 10.2. The molecule has 0 bridgehead atoms. The lowest BCUT2D eigenvalue weighted by Crippen LogP contribution is -2.17. The summed E-state index contributed by atoms with van der Waals surface area (Å²) in [6, 6.07) is 14.3. The topological polar surface area (TPSA) is 79.8 Å². The molecule has 0 aliphatic rings. The first-order valence-corrected chi connectivity index (χ1v) is 10.1. The van der Waals surface area contributed by atoms with Gasteiger partial charge < -0.3 is 10.1 Å². The molecule has 2 N–H and O–H groups in total. The first-order valence-electron chi connectivity index (χ1n) is 10.1. The molecule has 0 aromatic heterocycles. The fourth-order valence-corrected chi connectivity index (χ4v) is 2.58. The molecular weight excluding hydrogens is 366 g/mol. The molecule has 2 rings (SSSR count). The lowest BCUT2D eigenvalue weighted by molar-refractivity contribution is -0.116. The van der Waals surface area contributed by atoms with Crippen LogP contribution in [0.5, 0.6) is 5.75 Å². The van der Waals surface area contributed by atoms with E-state index in [0.717, 1.165) is 30.8 Å². The number of benzene rings is 2. The summed E-state index contributed by atoms with van der Waals surface area (Å²) in [7, 11) is 0. The molecule has 2 aromatic rings. The Balaban J connectivity index is 1.80. The summed E-state index contributed by atoms with van der Waals surface area (Å²) in [4.78, 5) is 23.8. The van der Waals surface area contributed by atoms with Crippen LogP contribution in [0, 0.1) is 0 Å². The van der Waals surface area contributed by atoms with E-state index in [1.54, 1.807) is 30.5 Å². The van der Waals surface area contributed by atoms with Crippen molar-refractivity contribution in [3.8, 4) is 5.75 Å². The average Bonchev–Trinajstić information content (AvgIpc) is 2.73. The van der Waals surface area contributed by atoms with Gasteiger partial charge in [-0.3, -0.25) is 9.59 Å². The summed E-state index contributed by atoms with van der Waals surface area (Å²) >= 11 is 0. The highest BCUT2D eigenvalue weighted by molar-refractivity contribution is 5.96. The van der Waals surface area contributed by atoms with E-state index in [1.807, 2.05) is 31.2 Å². The maximum atomic E-state index is 12.2. The molecule has 2 aromatic carbocycles. The van der Waals surface area contributed by atoms with Gasteiger partial charge in [0, 0.05) is 17.7 Å². The minimum Gasteiger partial charge on any atom is -0.494 e. The third-order valence-electron chi connectivity index (χ3n) is 4.18. The molecule has 0 spiro atoms. The summed E-state index contributed by atoms with van der Waals surface area (Å²) < 4.78 is 5.67. The minimum absolute atomic E-state index is 0.0355. The minimum atomic E-state index is -0.316. The standard InChI is InChI=1S/C23H29N3O3/c1-3-5-6-16-29-21-14-8-18(9-15-21)17-24-26-23(28)19-10-12-20(13-11-19)25-22(27)7-4-2/h8-15,17H,3-7,16H2,1-2H3,(H,25,27)(H,26,28)/b24-17-. The van der Waals surface area contributed by atoms with Crippen LogP contribution in [0.4, 0.5) is 5.69 Å². The van der Waals surface area contributed by atoms with Gasteiger partial charge in [-0.1, -0.05) is 26.7 Å². The zero-order chi connectivity index (χ0) is 20.9. The molecule has 6 nitrogen and oxygen atoms in total. The molecule has 2 amide bonds. The second-order valence-corrected chi connectivity index (χ2v) is 6.70. The molecule has 154 valence electrons. The van der Waals surface area contributed by atoms with Gasteiger partial charge in [0.1, 0.15) is 5.75 Å². The van der Waals surface area contributed by atoms with Crippen LogP contribution >= 0.6 is 0 Å². The number of hydrogen-bond acceptors (Lipinski definition) is 4. The Hall–Kier alpha value is -3.15. The second kappa shape index (κ2) is 12.3. The van der Waals surface area contributed by atoms with E-state index in [1.165, 1.54) is 12.8 Å². The lowest BCUT2D eigenvalue weighted by Gasteiger charge is -2.06. The maximum absolute atomic E-state index is 12.2. The molecule has 0 aliphatic heterocycles. The summed E-state index contributed by atoms with van der Waals surface area (Å²) in [5.74, 6) is 0.476. The van der Waals surface area contributed by atoms with Gasteiger partial charge in [-0.05, 0) is 66.9 Å². The molecule has 0 atom stereocenters. The fraction of sp³-hybridized carbons (Fsp3) is 0.348. The molecule has 0 radical (unpaired) electrons. The number of carbonyl (C=O) groups is 2. The molecule has 6 heteroatoms. The van der Waals surface area contributed by atoms with Crippen molar-refractivity contribution in [2.75, 3.05) is 11.9 Å². The van der Waals surface area contributed by atoms with Gasteiger partial charge in [-0.25, -0.2) is 5.43 Å². The number of nitrogens with one attached hydrogen (secondary N) is 2. The van der Waals surface area contributed by atoms with Gasteiger partial charge in [0.15, 0.2) is 0 Å². The number of unbranched alkanes of at least 4 members (excludes halogenated alkanes) is 2. The summed E-state index contributed by atoms with van der Waals surface area (Å²) in [6.45, 7) is 4.83. The summed E-state index contributed by atoms with van der Waals surface area (Å²) in [5, 5.41) is 6.78. The van der Waals surface area contributed by atoms with Crippen LogP contribution in [0.3, 0.4) is 0 Å². The monoisotopic (exact) mass is 395 g/mol. The smallest absolute Gasteiger partial charge is 0.271 e. The number of ether oxygens (including phenoxy) is 1. The van der Waals surface area contributed by atoms with Gasteiger partial charge >= 0.3 is 0 Å². The van der Waals surface area contributed by atoms with Crippen LogP contribution in [0.1, 0.15) is 61.9 Å². The van der Waals surface area contributed by atoms with E-state index in [4.69, 9.17) is 4.74 Å². The quantitative estimate of drug-likeness (QED) is 0.327. The molecule has 0 heterocycles. The molecular formula is C23H29N3O3. The fourth-order valence-electron chi connectivity index (χ4n) is 2.58. The second-order valence-electron chi connectivity index (χ2n) is 6.70. The van der Waals surface area contributed by atoms with E-state index in [0.29, 0.717) is 17.7 Å². The average molecular weight is 396 g/mol. The van der Waals surface area contributed by atoms with E-state index in [9.17, 15) is 9.59 Å². The maximum Gasteiger partial charge on any atom is 0.271 e. The van der Waals surface area contributed by atoms with Crippen LogP contribution in [-0.4, -0.2) is 24.6 Å². The van der Waals surface area contributed by atoms with Gasteiger partial charge in [-0.15, -0.1) is 0 Å². The summed E-state index contributed by atoms with van der Waals surface area (Å²) in [5.41, 5.74) is 4.50. The van der Waals surface area contributed by atoms with Crippen molar-refractivity contribution in [3.63, 3.8) is 0 Å². The van der Waals surface area contributed by atoms with Crippen molar-refractivity contribution >= 4 is 23.7 Å². The van der Waals surface area contributed by atoms with Crippen molar-refractivity contribution in [1.29, 1.82) is 0 Å². The Morgan fingerprint density at radius 3 is 2.34 bits per heavy atom. The largest absolute Gasteiger partial charge is 0.494 e. The molecule has 0 fully saturated rings. The molecule has 0 aliphatic carbocycles. The van der Waals surface area contributed by atoms with Crippen LogP contribution in [0.25, 0.3) is 0 Å². The SMILES string of the molecule is CCCCCOc1ccc(/C=N\NC(=O)c2ccc(NC(=O)CCC)cc2)cc1. The van der Waals surface area contributed by atoms with E-state index < -0.39 is 0 Å². The van der Waals surface area contributed by atoms with Gasteiger partial charge in [-0.2, -0.15) is 5.10 Å². The number of carbonyl (C=O) groups excluding carboxylic acids is 2. The van der Waals surface area contributed by atoms with E-state index in [-0.39, 0.29) is 11.8 Å². The number of hydrazone groups is 1. The van der Waals surface area contributed by atoms with E-state index >= 15 is 0 Å². The Bertz CT molecular complexity index is 799. The van der Waals surface area contributed by atoms with E-state index in [2.05, 4.69) is 22.8 Å². The third kappa shape index (κ3) is 8.17. The van der Waals surface area contributed by atoms with Crippen LogP contribution in [-0.2, 0) is 4.79 Å². The Morgan fingerprint density at radius 1 is 0.966 bits per heavy atom. The van der Waals surface area contributed by atoms with Crippen molar-refractivity contribution in [2.24, 2.45) is 5.10 Å². The van der Waals surface area contributed by atoms with Crippen molar-refractivity contribution in [2.45, 2.75) is 46.0 Å². The highest BCUT2D eigenvalue weighted by Gasteiger charge is 2.05. The highest BCUT2D eigenvalue weighted by Crippen LogP contribution is 2.12. The van der Waals surface area contributed by atoms with Crippen molar-refractivity contribution in [1.82, 2.24) is 5.43 Å². The zero-order valence-electron chi connectivity index (χ0n) is 17.1. The molecule has 29 heavy (non-hydrogen) atoms. The Morgan fingerprint density at radius 2 is 1.69 bits per heavy atom. The van der Waals surface area contributed by atoms with Crippen molar-refractivity contribution in [3.05, 3.63) is 59.7 Å². The number of hydrogen-bond donors (Lipinski definition) is 2. The van der Waals surface area contributed by atoms with Crippen LogP contribution in [0.2, 0.25) is 0 Å². The Labute approximate surface area is 172 Å². The molecule has 0 saturated heterocycles. The van der Waals surface area contributed by atoms with Gasteiger partial charge in [0.2, 0.25) is 5.91 Å². The zero-order valence-corrected chi connectivity index (χ0v) is 17.1. The number of nitrogens with zero attached hydrogens (tertiary/aromatic N) is 1. The predicted molar refractivity (Wildman–Crippen MR) is 117 cm³/mol. The predicted octanol–water partition coefficient (Wildman–Crippen LogP) is 4.76. The number of rotatable bonds is 11. The van der Waals surface area contributed by atoms with Crippen LogP contribution in [0.15, 0.2) is 53.6 Å². The molecule has 0 unspecified atom stereocenters. The third-order valence-corrected chi connectivity index (χ3v) is 4.18. The summed E-state index contributed by atoms with van der Waals surface area (Å²) in [6.07, 6.45) is 6.24. The first-order chi connectivity index (χ1) is 14.1. The number of anilines is 1. The normalized spacial score (nSPS) is 10.7. The first kappa shape index (κ1) is 22.1. The molecule has 0 saturated carbocycles. The number of amides is 2. The van der Waals surface area contributed by atoms with Gasteiger partial charge in [0.05, 0.1) is 12.8 Å². The van der Waals surface area contributed by atoms with Crippen molar-refractivity contribution < 1.29 is 14.3 Å². The van der Waals surface area contributed by atoms with Gasteiger partial charge in [0.25, 0.3) is 5.91 Å².